The second kappa shape index (κ2) is 6.71. The van der Waals surface area contributed by atoms with Crippen molar-refractivity contribution in [1.82, 2.24) is 15.5 Å². The fraction of sp³-hybridized carbons (Fsp3) is 0.538. The van der Waals surface area contributed by atoms with E-state index in [1.165, 1.54) is 11.3 Å². The maximum absolute atomic E-state index is 12.4. The third-order valence-electron chi connectivity index (χ3n) is 3.40. The highest BCUT2D eigenvalue weighted by molar-refractivity contribution is 7.10. The molecule has 20 heavy (non-hydrogen) atoms. The summed E-state index contributed by atoms with van der Waals surface area (Å²) < 4.78 is 0. The summed E-state index contributed by atoms with van der Waals surface area (Å²) in [5.74, 6) is 0.0474. The van der Waals surface area contributed by atoms with Crippen molar-refractivity contribution in [3.8, 4) is 0 Å². The molecule has 0 radical (unpaired) electrons. The van der Waals surface area contributed by atoms with Crippen LogP contribution in [0.5, 0.6) is 0 Å². The summed E-state index contributed by atoms with van der Waals surface area (Å²) in [7, 11) is 0. The summed E-state index contributed by atoms with van der Waals surface area (Å²) in [5, 5.41) is 7.82. The monoisotopic (exact) mass is 296 g/mol. The Morgan fingerprint density at radius 2 is 2.45 bits per heavy atom. The van der Waals surface area contributed by atoms with Gasteiger partial charge in [0.1, 0.15) is 0 Å². The molecule has 2 heterocycles. The van der Waals surface area contributed by atoms with Crippen molar-refractivity contribution in [2.24, 2.45) is 5.73 Å². The van der Waals surface area contributed by atoms with Crippen molar-refractivity contribution < 1.29 is 9.59 Å². The molecular formula is C13H20N4O2S. The molecule has 6 nitrogen and oxygen atoms in total. The Hall–Kier alpha value is -1.60. The molecule has 2 unspecified atom stereocenters. The topological polar surface area (TPSA) is 87.5 Å². The standard InChI is InChI=1S/C13H20N4O2S/c1-9-8-15-4-5-17(9)12(18)7-10(16-13(14)19)11-3-2-6-20-11/h2-3,6,9-10,15H,4-5,7-8H2,1H3,(H3,14,16,19). The first-order valence-electron chi connectivity index (χ1n) is 6.67. The molecule has 1 aliphatic rings. The van der Waals surface area contributed by atoms with E-state index >= 15 is 0 Å². The molecule has 1 aromatic heterocycles. The summed E-state index contributed by atoms with van der Waals surface area (Å²) in [5.41, 5.74) is 5.20. The molecule has 4 N–H and O–H groups in total. The maximum atomic E-state index is 12.4. The zero-order valence-electron chi connectivity index (χ0n) is 11.5. The largest absolute Gasteiger partial charge is 0.352 e. The molecule has 0 spiro atoms. The Balaban J connectivity index is 2.03. The first-order valence-corrected chi connectivity index (χ1v) is 7.55. The van der Waals surface area contributed by atoms with Crippen LogP contribution in [0.15, 0.2) is 17.5 Å². The third-order valence-corrected chi connectivity index (χ3v) is 4.39. The zero-order valence-corrected chi connectivity index (χ0v) is 12.3. The van der Waals surface area contributed by atoms with Gasteiger partial charge in [0.25, 0.3) is 0 Å². The Bertz CT molecular complexity index is 463. The second-order valence-electron chi connectivity index (χ2n) is 4.92. The molecule has 0 saturated carbocycles. The first kappa shape index (κ1) is 14.8. The zero-order chi connectivity index (χ0) is 14.5. The Morgan fingerprint density at radius 1 is 1.65 bits per heavy atom. The van der Waals surface area contributed by atoms with E-state index in [1.807, 2.05) is 29.3 Å². The van der Waals surface area contributed by atoms with Crippen LogP contribution >= 0.6 is 11.3 Å². The molecular weight excluding hydrogens is 276 g/mol. The van der Waals surface area contributed by atoms with Crippen molar-refractivity contribution in [3.05, 3.63) is 22.4 Å². The second-order valence-corrected chi connectivity index (χ2v) is 5.90. The maximum Gasteiger partial charge on any atom is 0.312 e. The van der Waals surface area contributed by atoms with Gasteiger partial charge in [0.05, 0.1) is 12.5 Å². The van der Waals surface area contributed by atoms with Gasteiger partial charge < -0.3 is 21.3 Å². The molecule has 110 valence electrons. The number of nitrogens with zero attached hydrogens (tertiary/aromatic N) is 1. The molecule has 1 aromatic rings. The van der Waals surface area contributed by atoms with Gasteiger partial charge in [0.2, 0.25) is 5.91 Å². The number of primary amides is 1. The van der Waals surface area contributed by atoms with Gasteiger partial charge >= 0.3 is 6.03 Å². The normalized spacial score (nSPS) is 20.4. The number of rotatable bonds is 4. The van der Waals surface area contributed by atoms with Gasteiger partial charge in [-0.25, -0.2) is 4.79 Å². The molecule has 3 amide bonds. The van der Waals surface area contributed by atoms with Crippen molar-refractivity contribution in [2.45, 2.75) is 25.4 Å². The van der Waals surface area contributed by atoms with Crippen LogP contribution in [0.3, 0.4) is 0 Å². The van der Waals surface area contributed by atoms with Crippen LogP contribution in [0.1, 0.15) is 24.3 Å². The SMILES string of the molecule is CC1CNCCN1C(=O)CC(NC(N)=O)c1cccs1. The number of urea groups is 1. The van der Waals surface area contributed by atoms with Gasteiger partial charge in [-0.2, -0.15) is 0 Å². The third kappa shape index (κ3) is 3.71. The van der Waals surface area contributed by atoms with Crippen LogP contribution in [0.25, 0.3) is 0 Å². The number of thiophene rings is 1. The Labute approximate surface area is 122 Å². The van der Waals surface area contributed by atoms with Gasteiger partial charge in [0, 0.05) is 30.6 Å². The molecule has 0 aromatic carbocycles. The van der Waals surface area contributed by atoms with Crippen molar-refractivity contribution in [1.29, 1.82) is 0 Å². The molecule has 0 aliphatic carbocycles. The van der Waals surface area contributed by atoms with Crippen molar-refractivity contribution in [2.75, 3.05) is 19.6 Å². The van der Waals surface area contributed by atoms with Gasteiger partial charge in [0.15, 0.2) is 0 Å². The number of carbonyl (C=O) groups is 2. The number of nitrogens with one attached hydrogen (secondary N) is 2. The average molecular weight is 296 g/mol. The van der Waals surface area contributed by atoms with E-state index in [2.05, 4.69) is 10.6 Å². The van der Waals surface area contributed by atoms with E-state index in [-0.39, 0.29) is 24.4 Å². The number of piperazine rings is 1. The minimum Gasteiger partial charge on any atom is -0.352 e. The van der Waals surface area contributed by atoms with E-state index in [1.54, 1.807) is 0 Å². The van der Waals surface area contributed by atoms with Gasteiger partial charge in [-0.1, -0.05) is 6.07 Å². The average Bonchev–Trinajstić information content (AvgIpc) is 2.91. The van der Waals surface area contributed by atoms with Crippen LogP contribution in [0.2, 0.25) is 0 Å². The molecule has 1 saturated heterocycles. The van der Waals surface area contributed by atoms with Crippen LogP contribution < -0.4 is 16.4 Å². The minimum atomic E-state index is -0.607. The summed E-state index contributed by atoms with van der Waals surface area (Å²) in [6, 6.07) is 3.02. The van der Waals surface area contributed by atoms with Gasteiger partial charge in [-0.15, -0.1) is 11.3 Å². The molecule has 7 heteroatoms. The molecule has 2 rings (SSSR count). The highest BCUT2D eigenvalue weighted by Crippen LogP contribution is 2.23. The van der Waals surface area contributed by atoms with E-state index in [0.29, 0.717) is 6.54 Å². The van der Waals surface area contributed by atoms with Crippen molar-refractivity contribution in [3.63, 3.8) is 0 Å². The van der Waals surface area contributed by atoms with E-state index < -0.39 is 6.03 Å². The number of hydrogen-bond acceptors (Lipinski definition) is 4. The summed E-state index contributed by atoms with van der Waals surface area (Å²) in [4.78, 5) is 26.3. The lowest BCUT2D eigenvalue weighted by Gasteiger charge is -2.34. The molecule has 1 aliphatic heterocycles. The molecule has 0 bridgehead atoms. The number of nitrogens with two attached hydrogens (primary N) is 1. The lowest BCUT2D eigenvalue weighted by Crippen LogP contribution is -2.52. The summed E-state index contributed by atoms with van der Waals surface area (Å²) >= 11 is 1.51. The van der Waals surface area contributed by atoms with E-state index in [0.717, 1.165) is 18.0 Å². The Kier molecular flexibility index (Phi) is 4.97. The predicted octanol–water partition coefficient (Wildman–Crippen LogP) is 0.668. The van der Waals surface area contributed by atoms with E-state index in [4.69, 9.17) is 5.73 Å². The number of hydrogen-bond donors (Lipinski definition) is 3. The van der Waals surface area contributed by atoms with E-state index in [9.17, 15) is 9.59 Å². The number of amides is 3. The van der Waals surface area contributed by atoms with Crippen molar-refractivity contribution >= 4 is 23.3 Å². The highest BCUT2D eigenvalue weighted by atomic mass is 32.1. The first-order chi connectivity index (χ1) is 9.58. The molecule has 2 atom stereocenters. The van der Waals surface area contributed by atoms with Crippen LogP contribution in [0, 0.1) is 0 Å². The number of carbonyl (C=O) groups excluding carboxylic acids is 2. The predicted molar refractivity (Wildman–Crippen MR) is 78.4 cm³/mol. The fourth-order valence-corrected chi connectivity index (χ4v) is 3.17. The smallest absolute Gasteiger partial charge is 0.312 e. The minimum absolute atomic E-state index is 0.0474. The molecule has 1 fully saturated rings. The summed E-state index contributed by atoms with van der Waals surface area (Å²) in [6.07, 6.45) is 0.244. The highest BCUT2D eigenvalue weighted by Gasteiger charge is 2.26. The van der Waals surface area contributed by atoms with Gasteiger partial charge in [-0.05, 0) is 18.4 Å². The fourth-order valence-electron chi connectivity index (χ4n) is 2.39. The lowest BCUT2D eigenvalue weighted by molar-refractivity contribution is -0.134. The van der Waals surface area contributed by atoms with Gasteiger partial charge in [-0.3, -0.25) is 4.79 Å². The van der Waals surface area contributed by atoms with Crippen LogP contribution in [0.4, 0.5) is 4.79 Å². The van der Waals surface area contributed by atoms with Crippen LogP contribution in [-0.2, 0) is 4.79 Å². The lowest BCUT2D eigenvalue weighted by atomic mass is 10.1. The summed E-state index contributed by atoms with van der Waals surface area (Å²) in [6.45, 7) is 4.33. The van der Waals surface area contributed by atoms with Crippen LogP contribution in [-0.4, -0.2) is 42.5 Å². The quantitative estimate of drug-likeness (QED) is 0.763. The Morgan fingerprint density at radius 3 is 3.05 bits per heavy atom.